The third kappa shape index (κ3) is 1.60. The Morgan fingerprint density at radius 2 is 2.17 bits per heavy atom. The van der Waals surface area contributed by atoms with Gasteiger partial charge in [-0.2, -0.15) is 0 Å². The molecule has 7 heteroatoms. The summed E-state index contributed by atoms with van der Waals surface area (Å²) in [5.41, 5.74) is 1.43. The van der Waals surface area contributed by atoms with Gasteiger partial charge in [0.15, 0.2) is 6.23 Å². The maximum atomic E-state index is 9.94. The first-order valence-corrected chi connectivity index (χ1v) is 5.61. The maximum absolute atomic E-state index is 9.94. The second-order valence-electron chi connectivity index (χ2n) is 4.25. The minimum absolute atomic E-state index is 0.344. The zero-order valence-electron chi connectivity index (χ0n) is 9.42. The highest BCUT2D eigenvalue weighted by Gasteiger charge is 2.43. The lowest BCUT2D eigenvalue weighted by atomic mass is 10.1. The lowest BCUT2D eigenvalue weighted by Gasteiger charge is -2.16. The summed E-state index contributed by atoms with van der Waals surface area (Å²) in [5, 5.41) is 28.7. The Kier molecular flexibility index (Phi) is 2.75. The number of hydrogen-bond acceptors (Lipinski definition) is 6. The first kappa shape index (κ1) is 11.5. The molecule has 0 spiro atoms. The van der Waals surface area contributed by atoms with Crippen LogP contribution < -0.4 is 0 Å². The van der Waals surface area contributed by atoms with Crippen LogP contribution in [0.1, 0.15) is 6.23 Å². The third-order valence-corrected chi connectivity index (χ3v) is 3.17. The second-order valence-corrected chi connectivity index (χ2v) is 4.25. The topological polar surface area (TPSA) is 101 Å². The van der Waals surface area contributed by atoms with Crippen molar-refractivity contribution in [3.63, 3.8) is 0 Å². The summed E-state index contributed by atoms with van der Waals surface area (Å²) in [5.74, 6) is 0. The number of aliphatic hydroxyl groups excluding tert-OH is 3. The predicted molar refractivity (Wildman–Crippen MR) is 60.5 cm³/mol. The highest BCUT2D eigenvalue weighted by atomic mass is 16.6. The van der Waals surface area contributed by atoms with Gasteiger partial charge in [-0.15, -0.1) is 0 Å². The SMILES string of the molecule is OC[C@H]1O[C@@H](n2cnc3cnccc32)[C@@H](O)[C@@H]1O. The van der Waals surface area contributed by atoms with Crippen molar-refractivity contribution >= 4 is 11.0 Å². The fraction of sp³-hybridized carbons (Fsp3) is 0.455. The van der Waals surface area contributed by atoms with E-state index in [0.717, 1.165) is 5.52 Å². The van der Waals surface area contributed by atoms with E-state index in [9.17, 15) is 10.2 Å². The molecule has 0 radical (unpaired) electrons. The lowest BCUT2D eigenvalue weighted by molar-refractivity contribution is -0.0508. The Hall–Kier alpha value is -1.54. The van der Waals surface area contributed by atoms with Gasteiger partial charge in [0, 0.05) is 6.20 Å². The standard InChI is InChI=1S/C11H13N3O4/c15-4-8-9(16)10(17)11(18-8)14-5-13-6-3-12-2-1-7(6)14/h1-3,5,8-11,15-17H,4H2/t8-,9-,10+,11-/m1/s1. The molecule has 4 atom stereocenters. The molecule has 2 aromatic rings. The first-order chi connectivity index (χ1) is 8.72. The average Bonchev–Trinajstić information content (AvgIpc) is 2.93. The first-order valence-electron chi connectivity index (χ1n) is 5.61. The van der Waals surface area contributed by atoms with Crippen molar-refractivity contribution in [2.24, 2.45) is 0 Å². The van der Waals surface area contributed by atoms with Gasteiger partial charge in [-0.25, -0.2) is 4.98 Å². The fourth-order valence-electron chi connectivity index (χ4n) is 2.20. The van der Waals surface area contributed by atoms with E-state index in [-0.39, 0.29) is 6.61 Å². The van der Waals surface area contributed by atoms with Crippen molar-refractivity contribution in [1.82, 2.24) is 14.5 Å². The summed E-state index contributed by atoms with van der Waals surface area (Å²) in [6, 6.07) is 1.75. The van der Waals surface area contributed by atoms with E-state index in [1.165, 1.54) is 6.33 Å². The van der Waals surface area contributed by atoms with Crippen molar-refractivity contribution in [2.75, 3.05) is 6.61 Å². The molecule has 0 aliphatic carbocycles. The number of pyridine rings is 1. The number of hydrogen-bond donors (Lipinski definition) is 3. The molecule has 7 nitrogen and oxygen atoms in total. The molecule has 0 bridgehead atoms. The summed E-state index contributed by atoms with van der Waals surface area (Å²) in [7, 11) is 0. The van der Waals surface area contributed by atoms with Gasteiger partial charge in [0.1, 0.15) is 23.8 Å². The van der Waals surface area contributed by atoms with Crippen molar-refractivity contribution < 1.29 is 20.1 Å². The molecule has 1 saturated heterocycles. The summed E-state index contributed by atoms with van der Waals surface area (Å²) >= 11 is 0. The molecule has 0 unspecified atom stereocenters. The lowest BCUT2D eigenvalue weighted by Crippen LogP contribution is -2.33. The van der Waals surface area contributed by atoms with Gasteiger partial charge in [0.05, 0.1) is 24.6 Å². The molecule has 1 fully saturated rings. The van der Waals surface area contributed by atoms with Gasteiger partial charge in [0.25, 0.3) is 0 Å². The summed E-state index contributed by atoms with van der Waals surface area (Å²) in [6.45, 7) is -0.344. The largest absolute Gasteiger partial charge is 0.394 e. The highest BCUT2D eigenvalue weighted by Crippen LogP contribution is 2.31. The van der Waals surface area contributed by atoms with Crippen molar-refractivity contribution in [1.29, 1.82) is 0 Å². The van der Waals surface area contributed by atoms with Crippen LogP contribution in [0.4, 0.5) is 0 Å². The van der Waals surface area contributed by atoms with Gasteiger partial charge in [-0.05, 0) is 6.07 Å². The van der Waals surface area contributed by atoms with Gasteiger partial charge >= 0.3 is 0 Å². The van der Waals surface area contributed by atoms with E-state index in [0.29, 0.717) is 5.52 Å². The van der Waals surface area contributed by atoms with E-state index >= 15 is 0 Å². The number of aromatic nitrogens is 3. The molecule has 1 aliphatic rings. The van der Waals surface area contributed by atoms with Crippen LogP contribution in [0.3, 0.4) is 0 Å². The van der Waals surface area contributed by atoms with E-state index in [1.54, 1.807) is 23.0 Å². The Bertz CT molecular complexity index is 558. The van der Waals surface area contributed by atoms with Crippen LogP contribution in [0.5, 0.6) is 0 Å². The van der Waals surface area contributed by atoms with Crippen LogP contribution in [0.2, 0.25) is 0 Å². The number of rotatable bonds is 2. The molecule has 3 rings (SSSR count). The molecule has 2 aromatic heterocycles. The third-order valence-electron chi connectivity index (χ3n) is 3.17. The van der Waals surface area contributed by atoms with Gasteiger partial charge in [-0.3, -0.25) is 4.98 Å². The molecule has 18 heavy (non-hydrogen) atoms. The molecule has 0 amide bonds. The Morgan fingerprint density at radius 1 is 1.33 bits per heavy atom. The molecule has 0 saturated carbocycles. The highest BCUT2D eigenvalue weighted by molar-refractivity contribution is 5.73. The smallest absolute Gasteiger partial charge is 0.164 e. The van der Waals surface area contributed by atoms with Crippen LogP contribution in [-0.2, 0) is 4.74 Å². The fourth-order valence-corrected chi connectivity index (χ4v) is 2.20. The van der Waals surface area contributed by atoms with Crippen LogP contribution in [0.25, 0.3) is 11.0 Å². The minimum atomic E-state index is -1.11. The van der Waals surface area contributed by atoms with Gasteiger partial charge in [0.2, 0.25) is 0 Å². The Balaban J connectivity index is 2.00. The molecule has 96 valence electrons. The minimum Gasteiger partial charge on any atom is -0.394 e. The molecule has 3 N–H and O–H groups in total. The summed E-state index contributed by atoms with van der Waals surface area (Å²) in [4.78, 5) is 8.09. The van der Waals surface area contributed by atoms with Gasteiger partial charge < -0.3 is 24.6 Å². The summed E-state index contributed by atoms with van der Waals surface area (Å²) < 4.78 is 7.07. The average molecular weight is 251 g/mol. The quantitative estimate of drug-likeness (QED) is 0.635. The Morgan fingerprint density at radius 3 is 2.89 bits per heavy atom. The number of fused-ring (bicyclic) bond motifs is 1. The predicted octanol–water partition coefficient (Wildman–Crippen LogP) is -0.957. The van der Waals surface area contributed by atoms with E-state index in [2.05, 4.69) is 9.97 Å². The zero-order valence-corrected chi connectivity index (χ0v) is 9.42. The Labute approximate surface area is 102 Å². The van der Waals surface area contributed by atoms with Crippen LogP contribution in [0, 0.1) is 0 Å². The van der Waals surface area contributed by atoms with Crippen LogP contribution in [0.15, 0.2) is 24.8 Å². The normalized spacial score (nSPS) is 32.2. The maximum Gasteiger partial charge on any atom is 0.164 e. The number of ether oxygens (including phenoxy) is 1. The molecular formula is C11H13N3O4. The number of imidazole rings is 1. The van der Waals surface area contributed by atoms with Crippen LogP contribution >= 0.6 is 0 Å². The van der Waals surface area contributed by atoms with Crippen LogP contribution in [-0.4, -0.2) is 54.8 Å². The number of aliphatic hydroxyl groups is 3. The zero-order chi connectivity index (χ0) is 12.7. The van der Waals surface area contributed by atoms with Crippen molar-refractivity contribution in [3.05, 3.63) is 24.8 Å². The van der Waals surface area contributed by atoms with E-state index in [4.69, 9.17) is 9.84 Å². The van der Waals surface area contributed by atoms with Gasteiger partial charge in [-0.1, -0.05) is 0 Å². The van der Waals surface area contributed by atoms with E-state index < -0.39 is 24.5 Å². The molecule has 0 aromatic carbocycles. The monoisotopic (exact) mass is 251 g/mol. The number of nitrogens with zero attached hydrogens (tertiary/aromatic N) is 3. The molecular weight excluding hydrogens is 238 g/mol. The molecule has 1 aliphatic heterocycles. The molecule has 3 heterocycles. The van der Waals surface area contributed by atoms with Crippen molar-refractivity contribution in [3.8, 4) is 0 Å². The van der Waals surface area contributed by atoms with Crippen molar-refractivity contribution in [2.45, 2.75) is 24.5 Å². The summed E-state index contributed by atoms with van der Waals surface area (Å²) in [6.07, 6.45) is 0.975. The second kappa shape index (κ2) is 4.29. The van der Waals surface area contributed by atoms with E-state index in [1.807, 2.05) is 0 Å².